The van der Waals surface area contributed by atoms with E-state index in [-0.39, 0.29) is 29.4 Å². The minimum atomic E-state index is -0.0698. The topological polar surface area (TPSA) is 78.9 Å². The highest BCUT2D eigenvalue weighted by molar-refractivity contribution is 8.01. The normalized spacial score (nSPS) is 26.8. The summed E-state index contributed by atoms with van der Waals surface area (Å²) in [6.45, 7) is 4.37. The van der Waals surface area contributed by atoms with E-state index in [1.807, 2.05) is 0 Å². The second kappa shape index (κ2) is 9.20. The van der Waals surface area contributed by atoms with Crippen molar-refractivity contribution < 1.29 is 4.79 Å². The predicted octanol–water partition coefficient (Wildman–Crippen LogP) is 4.32. The molecule has 2 aliphatic rings. The van der Waals surface area contributed by atoms with E-state index in [1.54, 1.807) is 11.8 Å². The number of rotatable bonds is 6. The monoisotopic (exact) mass is 451 g/mol. The number of hydrogen-bond acceptors (Lipinski definition) is 7. The number of nitrogens with one attached hydrogen (secondary N) is 3. The molecule has 4 atom stereocenters. The van der Waals surface area contributed by atoms with Gasteiger partial charge in [-0.25, -0.2) is 0 Å². The molecular weight excluding hydrogens is 426 g/mol. The Hall–Kier alpha value is -1.35. The number of anilines is 2. The number of amides is 1. The van der Waals surface area contributed by atoms with E-state index in [0.717, 1.165) is 34.4 Å². The third-order valence-corrected chi connectivity index (χ3v) is 7.93. The van der Waals surface area contributed by atoms with Gasteiger partial charge < -0.3 is 10.6 Å². The van der Waals surface area contributed by atoms with Crippen LogP contribution in [0.25, 0.3) is 0 Å². The van der Waals surface area contributed by atoms with Crippen LogP contribution >= 0.6 is 34.7 Å². The molecule has 2 fully saturated rings. The Morgan fingerprint density at radius 3 is 2.83 bits per heavy atom. The van der Waals surface area contributed by atoms with Crippen molar-refractivity contribution in [3.63, 3.8) is 0 Å². The molecule has 3 N–H and O–H groups in total. The number of thioether (sulfide) groups is 1. The second-order valence-corrected chi connectivity index (χ2v) is 10.8. The van der Waals surface area contributed by atoms with Crippen molar-refractivity contribution in [1.82, 2.24) is 20.8 Å². The van der Waals surface area contributed by atoms with Crippen molar-refractivity contribution >= 4 is 51.4 Å². The molecule has 0 bridgehead atoms. The molecule has 0 spiro atoms. The Balaban J connectivity index is 1.30. The highest BCUT2D eigenvalue weighted by Crippen LogP contribution is 2.32. The summed E-state index contributed by atoms with van der Waals surface area (Å²) in [4.78, 5) is 12.4. The quantitative estimate of drug-likeness (QED) is 0.448. The summed E-state index contributed by atoms with van der Waals surface area (Å²) in [6, 6.07) is 8.56. The van der Waals surface area contributed by atoms with E-state index in [0.29, 0.717) is 11.7 Å². The fraction of sp³-hybridized carbons (Fsp3) is 0.550. The van der Waals surface area contributed by atoms with E-state index >= 15 is 0 Å². The summed E-state index contributed by atoms with van der Waals surface area (Å²) < 4.78 is 0.878. The van der Waals surface area contributed by atoms with Crippen LogP contribution in [-0.2, 0) is 4.79 Å². The van der Waals surface area contributed by atoms with Gasteiger partial charge in [0.1, 0.15) is 0 Å². The molecule has 2 heterocycles. The SMILES string of the molecule is CC(C)c1ccc(Nc2nnc(SCC3NC(=O)C4CCC(Cl)CC4N3)s2)cc1. The minimum absolute atomic E-state index is 0.0469. The van der Waals surface area contributed by atoms with Gasteiger partial charge in [0.2, 0.25) is 11.0 Å². The standard InChI is InChI=1S/C20H26ClN5OS2/c1-11(2)12-3-6-14(7-4-12)22-19-25-26-20(29-19)28-10-17-23-16-9-13(21)5-8-15(16)18(27)24-17/h3-4,6-7,11,13,15-17,23H,5,8-10H2,1-2H3,(H,22,25)(H,24,27). The lowest BCUT2D eigenvalue weighted by atomic mass is 9.82. The third kappa shape index (κ3) is 5.23. The lowest BCUT2D eigenvalue weighted by Gasteiger charge is -2.41. The van der Waals surface area contributed by atoms with Gasteiger partial charge in [0.25, 0.3) is 0 Å². The number of benzene rings is 1. The molecule has 2 aromatic rings. The molecule has 1 saturated carbocycles. The number of hydrogen-bond donors (Lipinski definition) is 3. The van der Waals surface area contributed by atoms with Gasteiger partial charge >= 0.3 is 0 Å². The highest BCUT2D eigenvalue weighted by Gasteiger charge is 2.39. The number of nitrogens with zero attached hydrogens (tertiary/aromatic N) is 2. The summed E-state index contributed by atoms with van der Waals surface area (Å²) in [7, 11) is 0. The van der Waals surface area contributed by atoms with Gasteiger partial charge in [0, 0.05) is 22.9 Å². The highest BCUT2D eigenvalue weighted by atomic mass is 35.5. The molecule has 1 amide bonds. The van der Waals surface area contributed by atoms with Crippen LogP contribution in [0.1, 0.15) is 44.6 Å². The maximum absolute atomic E-state index is 12.4. The zero-order valence-corrected chi connectivity index (χ0v) is 18.9. The van der Waals surface area contributed by atoms with Crippen LogP contribution in [0.4, 0.5) is 10.8 Å². The molecule has 1 aliphatic heterocycles. The Labute approximate surface area is 184 Å². The van der Waals surface area contributed by atoms with E-state index in [9.17, 15) is 4.79 Å². The largest absolute Gasteiger partial charge is 0.340 e. The zero-order valence-electron chi connectivity index (χ0n) is 16.5. The van der Waals surface area contributed by atoms with Crippen molar-refractivity contribution in [3.8, 4) is 0 Å². The van der Waals surface area contributed by atoms with Gasteiger partial charge in [-0.3, -0.25) is 10.1 Å². The molecule has 1 aromatic carbocycles. The lowest BCUT2D eigenvalue weighted by Crippen LogP contribution is -2.63. The van der Waals surface area contributed by atoms with Gasteiger partial charge in [-0.1, -0.05) is 49.1 Å². The number of fused-ring (bicyclic) bond motifs is 1. The fourth-order valence-corrected chi connectivity index (χ4v) is 5.91. The summed E-state index contributed by atoms with van der Waals surface area (Å²) >= 11 is 9.42. The first-order valence-corrected chi connectivity index (χ1v) is 12.3. The van der Waals surface area contributed by atoms with Crippen LogP contribution in [-0.4, -0.2) is 39.4 Å². The maximum Gasteiger partial charge on any atom is 0.225 e. The number of halogens is 1. The minimum Gasteiger partial charge on any atom is -0.340 e. The van der Waals surface area contributed by atoms with Crippen molar-refractivity contribution in [1.29, 1.82) is 0 Å². The maximum atomic E-state index is 12.4. The molecule has 0 radical (unpaired) electrons. The van der Waals surface area contributed by atoms with Crippen LogP contribution in [0.15, 0.2) is 28.6 Å². The molecule has 4 unspecified atom stereocenters. The van der Waals surface area contributed by atoms with Gasteiger partial charge in [0.05, 0.1) is 12.1 Å². The van der Waals surface area contributed by atoms with E-state index in [1.165, 1.54) is 16.9 Å². The summed E-state index contributed by atoms with van der Waals surface area (Å²) in [5.74, 6) is 1.42. The Bertz CT molecular complexity index is 844. The lowest BCUT2D eigenvalue weighted by molar-refractivity contribution is -0.130. The fourth-order valence-electron chi connectivity index (χ4n) is 3.83. The van der Waals surface area contributed by atoms with Crippen LogP contribution in [0.2, 0.25) is 0 Å². The Morgan fingerprint density at radius 1 is 1.28 bits per heavy atom. The van der Waals surface area contributed by atoms with Crippen molar-refractivity contribution in [2.24, 2.45) is 5.92 Å². The molecule has 1 saturated heterocycles. The van der Waals surface area contributed by atoms with Crippen molar-refractivity contribution in [2.75, 3.05) is 11.1 Å². The average molecular weight is 452 g/mol. The summed E-state index contributed by atoms with van der Waals surface area (Å²) in [5, 5.41) is 19.4. The number of carbonyl (C=O) groups excluding carboxylic acids is 1. The molecule has 29 heavy (non-hydrogen) atoms. The number of carbonyl (C=O) groups is 1. The smallest absolute Gasteiger partial charge is 0.225 e. The summed E-state index contributed by atoms with van der Waals surface area (Å²) in [5.41, 5.74) is 2.31. The Morgan fingerprint density at radius 2 is 2.07 bits per heavy atom. The molecular formula is C20H26ClN5OS2. The van der Waals surface area contributed by atoms with Gasteiger partial charge in [0.15, 0.2) is 4.34 Å². The van der Waals surface area contributed by atoms with Gasteiger partial charge in [-0.2, -0.15) is 0 Å². The first-order valence-electron chi connectivity index (χ1n) is 10.0. The van der Waals surface area contributed by atoms with E-state index in [2.05, 4.69) is 64.3 Å². The predicted molar refractivity (Wildman–Crippen MR) is 120 cm³/mol. The van der Waals surface area contributed by atoms with Crippen LogP contribution in [0.3, 0.4) is 0 Å². The first-order chi connectivity index (χ1) is 14.0. The first kappa shape index (κ1) is 20.9. The van der Waals surface area contributed by atoms with Crippen LogP contribution < -0.4 is 16.0 Å². The molecule has 1 aliphatic carbocycles. The van der Waals surface area contributed by atoms with Crippen molar-refractivity contribution in [3.05, 3.63) is 29.8 Å². The number of aromatic nitrogens is 2. The van der Waals surface area contributed by atoms with Crippen LogP contribution in [0.5, 0.6) is 0 Å². The second-order valence-electron chi connectivity index (χ2n) is 7.94. The third-order valence-electron chi connectivity index (χ3n) is 5.46. The molecule has 9 heteroatoms. The van der Waals surface area contributed by atoms with E-state index < -0.39 is 0 Å². The summed E-state index contributed by atoms with van der Waals surface area (Å²) in [6.07, 6.45) is 2.56. The van der Waals surface area contributed by atoms with E-state index in [4.69, 9.17) is 11.6 Å². The molecule has 6 nitrogen and oxygen atoms in total. The van der Waals surface area contributed by atoms with Gasteiger partial charge in [-0.15, -0.1) is 21.8 Å². The van der Waals surface area contributed by atoms with Crippen molar-refractivity contribution in [2.45, 2.75) is 61.0 Å². The zero-order chi connectivity index (χ0) is 20.4. The van der Waals surface area contributed by atoms with Gasteiger partial charge in [-0.05, 0) is 42.9 Å². The average Bonchev–Trinajstić information content (AvgIpc) is 3.14. The number of alkyl halides is 1. The molecule has 4 rings (SSSR count). The molecule has 1 aromatic heterocycles. The Kier molecular flexibility index (Phi) is 6.63. The van der Waals surface area contributed by atoms with Crippen LogP contribution in [0, 0.1) is 5.92 Å². The molecule has 156 valence electrons.